The molecule has 3 rings (SSSR count). The Morgan fingerprint density at radius 1 is 1.21 bits per heavy atom. The Kier molecular flexibility index (Phi) is 8.46. The summed E-state index contributed by atoms with van der Waals surface area (Å²) < 4.78 is 1.97. The molecular weight excluding hydrogens is 467 g/mol. The van der Waals surface area contributed by atoms with Crippen molar-refractivity contribution >= 4 is 35.8 Å². The second kappa shape index (κ2) is 10.6. The van der Waals surface area contributed by atoms with E-state index in [1.54, 1.807) is 0 Å². The van der Waals surface area contributed by atoms with E-state index in [0.717, 1.165) is 55.9 Å². The zero-order valence-electron chi connectivity index (χ0n) is 17.1. The van der Waals surface area contributed by atoms with Crippen LogP contribution in [0.2, 0.25) is 0 Å². The molecule has 0 saturated carbocycles. The van der Waals surface area contributed by atoms with E-state index in [2.05, 4.69) is 61.7 Å². The lowest BCUT2D eigenvalue weighted by atomic mass is 10.1. The maximum Gasteiger partial charge on any atom is 0.191 e. The van der Waals surface area contributed by atoms with E-state index < -0.39 is 0 Å². The Balaban J connectivity index is 0.00000280. The van der Waals surface area contributed by atoms with Gasteiger partial charge in [0.05, 0.1) is 0 Å². The van der Waals surface area contributed by atoms with Gasteiger partial charge in [0.25, 0.3) is 0 Å². The van der Waals surface area contributed by atoms with Gasteiger partial charge in [-0.3, -0.25) is 0 Å². The van der Waals surface area contributed by atoms with Crippen LogP contribution in [-0.2, 0) is 13.6 Å². The maximum atomic E-state index is 4.68. The number of anilines is 1. The molecule has 2 N–H and O–H groups in total. The van der Waals surface area contributed by atoms with Crippen molar-refractivity contribution in [3.8, 4) is 0 Å². The summed E-state index contributed by atoms with van der Waals surface area (Å²) in [6.45, 7) is 9.42. The van der Waals surface area contributed by atoms with Gasteiger partial charge in [-0.05, 0) is 45.2 Å². The molecule has 0 bridgehead atoms. The van der Waals surface area contributed by atoms with Crippen LogP contribution in [0, 0.1) is 13.8 Å². The summed E-state index contributed by atoms with van der Waals surface area (Å²) in [6, 6.07) is 4.64. The molecule has 8 nitrogen and oxygen atoms in total. The van der Waals surface area contributed by atoms with E-state index in [4.69, 9.17) is 0 Å². The lowest BCUT2D eigenvalue weighted by molar-refractivity contribution is 0.459. The first-order valence-electron chi connectivity index (χ1n) is 9.64. The van der Waals surface area contributed by atoms with Crippen molar-refractivity contribution in [1.29, 1.82) is 0 Å². The average molecular weight is 498 g/mol. The van der Waals surface area contributed by atoms with Crippen LogP contribution in [0.3, 0.4) is 0 Å². The molecule has 2 aromatic heterocycles. The quantitative estimate of drug-likeness (QED) is 0.374. The molecule has 1 fully saturated rings. The van der Waals surface area contributed by atoms with Gasteiger partial charge in [0.15, 0.2) is 11.8 Å². The third-order valence-corrected chi connectivity index (χ3v) is 4.96. The van der Waals surface area contributed by atoms with Gasteiger partial charge in [-0.2, -0.15) is 0 Å². The number of hydrogen-bond donors (Lipinski definition) is 2. The van der Waals surface area contributed by atoms with E-state index in [0.29, 0.717) is 12.6 Å². The fraction of sp³-hybridized carbons (Fsp3) is 0.579. The van der Waals surface area contributed by atoms with Crippen LogP contribution >= 0.6 is 24.0 Å². The van der Waals surface area contributed by atoms with Crippen molar-refractivity contribution in [1.82, 2.24) is 30.4 Å². The molecule has 1 aliphatic heterocycles. The van der Waals surface area contributed by atoms with E-state index in [1.807, 2.05) is 24.7 Å². The number of guanidine groups is 1. The summed E-state index contributed by atoms with van der Waals surface area (Å²) in [5.41, 5.74) is 1.19. The average Bonchev–Trinajstić information content (AvgIpc) is 3.00. The van der Waals surface area contributed by atoms with Crippen molar-refractivity contribution < 1.29 is 0 Å². The fourth-order valence-electron chi connectivity index (χ4n) is 3.15. The number of aromatic nitrogens is 4. The van der Waals surface area contributed by atoms with Crippen LogP contribution in [0.15, 0.2) is 23.3 Å². The van der Waals surface area contributed by atoms with Gasteiger partial charge in [0, 0.05) is 38.9 Å². The number of nitrogens with zero attached hydrogens (tertiary/aromatic N) is 6. The topological polar surface area (TPSA) is 83.3 Å². The van der Waals surface area contributed by atoms with Crippen LogP contribution < -0.4 is 15.5 Å². The number of aliphatic imine (C=N–C) groups is 1. The zero-order chi connectivity index (χ0) is 19.2. The van der Waals surface area contributed by atoms with Gasteiger partial charge in [-0.15, -0.1) is 34.2 Å². The Morgan fingerprint density at radius 2 is 1.96 bits per heavy atom. The summed E-state index contributed by atoms with van der Waals surface area (Å²) in [6.07, 6.45) is 4.05. The Morgan fingerprint density at radius 3 is 2.54 bits per heavy atom. The number of aryl methyl sites for hydroxylation is 2. The molecule has 9 heteroatoms. The minimum absolute atomic E-state index is 0. The second-order valence-corrected chi connectivity index (χ2v) is 7.02. The molecule has 0 aromatic carbocycles. The Hall–Kier alpha value is -1.91. The number of rotatable bonds is 5. The monoisotopic (exact) mass is 498 g/mol. The summed E-state index contributed by atoms with van der Waals surface area (Å²) in [5, 5.41) is 15.2. The molecule has 0 unspecified atom stereocenters. The largest absolute Gasteiger partial charge is 0.357 e. The molecule has 1 aliphatic rings. The predicted octanol–water partition coefficient (Wildman–Crippen LogP) is 2.17. The summed E-state index contributed by atoms with van der Waals surface area (Å²) >= 11 is 0. The van der Waals surface area contributed by atoms with Crippen LogP contribution in [0.1, 0.15) is 37.0 Å². The number of nitrogens with one attached hydrogen (secondary N) is 2. The summed E-state index contributed by atoms with van der Waals surface area (Å²) in [5.74, 6) is 3.67. The van der Waals surface area contributed by atoms with Crippen LogP contribution in [0.5, 0.6) is 0 Å². The normalized spacial score (nSPS) is 15.3. The molecule has 0 amide bonds. The highest BCUT2D eigenvalue weighted by Gasteiger charge is 2.21. The SMILES string of the molecule is CCNC(=NCc1nnc(C)n1C)NC1CCN(c2ccc(C)cn2)CC1.I. The minimum atomic E-state index is 0. The molecule has 154 valence electrons. The number of pyridine rings is 1. The van der Waals surface area contributed by atoms with E-state index >= 15 is 0 Å². The Bertz CT molecular complexity index is 763. The summed E-state index contributed by atoms with van der Waals surface area (Å²) in [7, 11) is 1.97. The van der Waals surface area contributed by atoms with Crippen molar-refractivity contribution in [2.45, 2.75) is 46.2 Å². The fourth-order valence-corrected chi connectivity index (χ4v) is 3.15. The highest BCUT2D eigenvalue weighted by atomic mass is 127. The van der Waals surface area contributed by atoms with Crippen molar-refractivity contribution in [3.63, 3.8) is 0 Å². The van der Waals surface area contributed by atoms with E-state index in [1.165, 1.54) is 5.56 Å². The van der Waals surface area contributed by atoms with Gasteiger partial charge >= 0.3 is 0 Å². The number of piperidine rings is 1. The maximum absolute atomic E-state index is 4.68. The molecule has 3 heterocycles. The van der Waals surface area contributed by atoms with Gasteiger partial charge in [0.1, 0.15) is 18.2 Å². The molecule has 0 aliphatic carbocycles. The first-order valence-corrected chi connectivity index (χ1v) is 9.64. The van der Waals surface area contributed by atoms with Crippen LogP contribution in [-0.4, -0.2) is 51.4 Å². The third kappa shape index (κ3) is 5.79. The first-order chi connectivity index (χ1) is 13.1. The van der Waals surface area contributed by atoms with Crippen molar-refractivity contribution in [2.24, 2.45) is 12.0 Å². The molecule has 1 saturated heterocycles. The number of halogens is 1. The predicted molar refractivity (Wildman–Crippen MR) is 123 cm³/mol. The Labute approximate surface area is 184 Å². The van der Waals surface area contributed by atoms with Crippen LogP contribution in [0.25, 0.3) is 0 Å². The molecule has 2 aromatic rings. The standard InChI is InChI=1S/C19H30N8.HI/c1-5-20-19(22-13-18-25-24-15(3)26(18)4)23-16-8-10-27(11-9-16)17-7-6-14(2)12-21-17;/h6-7,12,16H,5,8-11,13H2,1-4H3,(H2,20,22,23);1H. The van der Waals surface area contributed by atoms with Crippen molar-refractivity contribution in [3.05, 3.63) is 35.5 Å². The van der Waals surface area contributed by atoms with Crippen LogP contribution in [0.4, 0.5) is 5.82 Å². The zero-order valence-corrected chi connectivity index (χ0v) is 19.5. The molecular formula is C19H31IN8. The summed E-state index contributed by atoms with van der Waals surface area (Å²) in [4.78, 5) is 11.6. The van der Waals surface area contributed by atoms with E-state index in [9.17, 15) is 0 Å². The van der Waals surface area contributed by atoms with Gasteiger partial charge in [-0.25, -0.2) is 9.98 Å². The minimum Gasteiger partial charge on any atom is -0.357 e. The highest BCUT2D eigenvalue weighted by Crippen LogP contribution is 2.18. The lowest BCUT2D eigenvalue weighted by Gasteiger charge is -2.33. The second-order valence-electron chi connectivity index (χ2n) is 7.02. The van der Waals surface area contributed by atoms with Crippen molar-refractivity contribution in [2.75, 3.05) is 24.5 Å². The smallest absolute Gasteiger partial charge is 0.191 e. The van der Waals surface area contributed by atoms with Gasteiger partial charge in [-0.1, -0.05) is 6.07 Å². The first kappa shape index (κ1) is 22.4. The molecule has 0 spiro atoms. The number of hydrogen-bond acceptors (Lipinski definition) is 5. The molecule has 0 atom stereocenters. The lowest BCUT2D eigenvalue weighted by Crippen LogP contribution is -2.48. The van der Waals surface area contributed by atoms with E-state index in [-0.39, 0.29) is 24.0 Å². The van der Waals surface area contributed by atoms with Gasteiger partial charge in [0.2, 0.25) is 0 Å². The third-order valence-electron chi connectivity index (χ3n) is 4.96. The highest BCUT2D eigenvalue weighted by molar-refractivity contribution is 14.0. The molecule has 0 radical (unpaired) electrons. The molecule has 28 heavy (non-hydrogen) atoms. The van der Waals surface area contributed by atoms with Gasteiger partial charge < -0.3 is 20.1 Å².